The van der Waals surface area contributed by atoms with Crippen LogP contribution in [0, 0.1) is 12.8 Å². The summed E-state index contributed by atoms with van der Waals surface area (Å²) in [4.78, 5) is 16.7. The smallest absolute Gasteiger partial charge is 0.264 e. The van der Waals surface area contributed by atoms with Gasteiger partial charge in [0.25, 0.3) is 5.91 Å². The molecule has 2 aromatic heterocycles. The molecule has 1 fully saturated rings. The second kappa shape index (κ2) is 5.20. The van der Waals surface area contributed by atoms with Gasteiger partial charge in [-0.05, 0) is 38.2 Å². The summed E-state index contributed by atoms with van der Waals surface area (Å²) in [6.45, 7) is 5.92. The van der Waals surface area contributed by atoms with Gasteiger partial charge < -0.3 is 4.90 Å². The summed E-state index contributed by atoms with van der Waals surface area (Å²) >= 11 is 1.56. The molecule has 0 bridgehead atoms. The normalized spacial score (nSPS) is 14.9. The number of aromatic nitrogens is 2. The zero-order valence-electron chi connectivity index (χ0n) is 12.3. The minimum Gasteiger partial charge on any atom is -0.338 e. The van der Waals surface area contributed by atoms with Gasteiger partial charge in [-0.25, -0.2) is 0 Å². The maximum absolute atomic E-state index is 12.7. The van der Waals surface area contributed by atoms with E-state index in [9.17, 15) is 4.79 Å². The first-order valence-electron chi connectivity index (χ1n) is 7.32. The summed E-state index contributed by atoms with van der Waals surface area (Å²) in [5, 5.41) is 5.51. The fourth-order valence-electron chi connectivity index (χ4n) is 2.62. The third-order valence-electron chi connectivity index (χ3n) is 3.86. The van der Waals surface area contributed by atoms with Crippen LogP contribution in [0.15, 0.2) is 6.07 Å². The van der Waals surface area contributed by atoms with Crippen LogP contribution in [-0.4, -0.2) is 33.7 Å². The molecule has 5 heteroatoms. The number of fused-ring (bicyclic) bond motifs is 1. The van der Waals surface area contributed by atoms with E-state index < -0.39 is 0 Å². The van der Waals surface area contributed by atoms with Crippen molar-refractivity contribution in [2.45, 2.75) is 33.1 Å². The molecular weight excluding hydrogens is 270 g/mol. The average molecular weight is 291 g/mol. The van der Waals surface area contributed by atoms with Crippen LogP contribution in [0.4, 0.5) is 0 Å². The van der Waals surface area contributed by atoms with Crippen molar-refractivity contribution >= 4 is 27.5 Å². The van der Waals surface area contributed by atoms with Gasteiger partial charge >= 0.3 is 0 Å². The van der Waals surface area contributed by atoms with E-state index in [0.717, 1.165) is 46.2 Å². The minimum absolute atomic E-state index is 0.194. The van der Waals surface area contributed by atoms with Gasteiger partial charge in [0.15, 0.2) is 0 Å². The SMILES string of the molecule is CCCN(CC1CC1)C(=O)c1cc2c(C)nn(C)c2s1. The molecule has 1 aliphatic rings. The lowest BCUT2D eigenvalue weighted by Crippen LogP contribution is -2.33. The third kappa shape index (κ3) is 2.46. The fourth-order valence-corrected chi connectivity index (χ4v) is 3.72. The molecule has 1 amide bonds. The van der Waals surface area contributed by atoms with E-state index in [1.807, 2.05) is 29.6 Å². The third-order valence-corrected chi connectivity index (χ3v) is 5.05. The number of hydrogen-bond donors (Lipinski definition) is 0. The summed E-state index contributed by atoms with van der Waals surface area (Å²) in [5.41, 5.74) is 1.00. The second-order valence-corrected chi connectivity index (χ2v) is 6.76. The van der Waals surface area contributed by atoms with Crippen molar-refractivity contribution < 1.29 is 4.79 Å². The lowest BCUT2D eigenvalue weighted by atomic mass is 10.2. The molecule has 1 aliphatic carbocycles. The molecule has 0 aliphatic heterocycles. The standard InChI is InChI=1S/C15H21N3OS/c1-4-7-18(9-11-5-6-11)14(19)13-8-12-10(2)16-17(3)15(12)20-13/h8,11H,4-7,9H2,1-3H3. The number of hydrogen-bond acceptors (Lipinski definition) is 3. The number of nitrogens with zero attached hydrogens (tertiary/aromatic N) is 3. The van der Waals surface area contributed by atoms with Crippen LogP contribution in [-0.2, 0) is 7.05 Å². The van der Waals surface area contributed by atoms with Gasteiger partial charge in [0, 0.05) is 25.5 Å². The lowest BCUT2D eigenvalue weighted by Gasteiger charge is -2.21. The Morgan fingerprint density at radius 3 is 2.90 bits per heavy atom. The van der Waals surface area contributed by atoms with Crippen molar-refractivity contribution in [2.75, 3.05) is 13.1 Å². The second-order valence-electron chi connectivity index (χ2n) is 5.73. The van der Waals surface area contributed by atoms with Crippen LogP contribution >= 0.6 is 11.3 Å². The highest BCUT2D eigenvalue weighted by atomic mass is 32.1. The maximum atomic E-state index is 12.7. The Bertz CT molecular complexity index is 604. The van der Waals surface area contributed by atoms with E-state index in [-0.39, 0.29) is 5.91 Å². The van der Waals surface area contributed by atoms with Gasteiger partial charge in [-0.15, -0.1) is 11.3 Å². The van der Waals surface area contributed by atoms with Gasteiger partial charge in [0.05, 0.1) is 10.6 Å². The molecule has 0 N–H and O–H groups in total. The largest absolute Gasteiger partial charge is 0.338 e. The molecule has 2 aromatic rings. The van der Waals surface area contributed by atoms with Crippen molar-refractivity contribution in [3.63, 3.8) is 0 Å². The van der Waals surface area contributed by atoms with Crippen molar-refractivity contribution in [2.24, 2.45) is 13.0 Å². The van der Waals surface area contributed by atoms with Crippen LogP contribution in [0.3, 0.4) is 0 Å². The van der Waals surface area contributed by atoms with E-state index in [1.54, 1.807) is 11.3 Å². The number of carbonyl (C=O) groups excluding carboxylic acids is 1. The van der Waals surface area contributed by atoms with Gasteiger partial charge in [0.2, 0.25) is 0 Å². The highest BCUT2D eigenvalue weighted by Crippen LogP contribution is 2.32. The van der Waals surface area contributed by atoms with Crippen molar-refractivity contribution in [3.05, 3.63) is 16.6 Å². The zero-order valence-corrected chi connectivity index (χ0v) is 13.2. The van der Waals surface area contributed by atoms with Crippen LogP contribution in [0.25, 0.3) is 10.2 Å². The molecule has 0 atom stereocenters. The molecule has 0 spiro atoms. The molecule has 108 valence electrons. The molecule has 0 radical (unpaired) electrons. The van der Waals surface area contributed by atoms with E-state index in [1.165, 1.54) is 12.8 Å². The summed E-state index contributed by atoms with van der Waals surface area (Å²) in [6.07, 6.45) is 3.58. The predicted molar refractivity (Wildman–Crippen MR) is 82.2 cm³/mol. The van der Waals surface area contributed by atoms with E-state index in [4.69, 9.17) is 0 Å². The molecule has 0 aromatic carbocycles. The molecule has 4 nitrogen and oxygen atoms in total. The topological polar surface area (TPSA) is 38.1 Å². The highest BCUT2D eigenvalue weighted by Gasteiger charge is 2.28. The van der Waals surface area contributed by atoms with Crippen molar-refractivity contribution in [3.8, 4) is 0 Å². The van der Waals surface area contributed by atoms with Crippen LogP contribution < -0.4 is 0 Å². The Kier molecular flexibility index (Phi) is 3.54. The Morgan fingerprint density at radius 1 is 1.55 bits per heavy atom. The molecular formula is C15H21N3OS. The Hall–Kier alpha value is -1.36. The average Bonchev–Trinajstić information content (AvgIpc) is 3.04. The Balaban J connectivity index is 1.87. The maximum Gasteiger partial charge on any atom is 0.264 e. The number of thiophene rings is 1. The van der Waals surface area contributed by atoms with Crippen LogP contribution in [0.1, 0.15) is 41.6 Å². The van der Waals surface area contributed by atoms with Crippen LogP contribution in [0.5, 0.6) is 0 Å². The van der Waals surface area contributed by atoms with Crippen molar-refractivity contribution in [1.82, 2.24) is 14.7 Å². The Labute approximate surface area is 123 Å². The van der Waals surface area contributed by atoms with Gasteiger partial charge in [-0.3, -0.25) is 9.48 Å². The molecule has 3 rings (SSSR count). The first-order chi connectivity index (χ1) is 9.60. The van der Waals surface area contributed by atoms with Gasteiger partial charge in [-0.1, -0.05) is 6.92 Å². The van der Waals surface area contributed by atoms with Gasteiger partial charge in [-0.2, -0.15) is 5.10 Å². The highest BCUT2D eigenvalue weighted by molar-refractivity contribution is 7.20. The fraction of sp³-hybridized carbons (Fsp3) is 0.600. The van der Waals surface area contributed by atoms with Gasteiger partial charge in [0.1, 0.15) is 4.83 Å². The van der Waals surface area contributed by atoms with Crippen molar-refractivity contribution in [1.29, 1.82) is 0 Å². The molecule has 20 heavy (non-hydrogen) atoms. The van der Waals surface area contributed by atoms with E-state index in [2.05, 4.69) is 12.0 Å². The van der Waals surface area contributed by atoms with Crippen LogP contribution in [0.2, 0.25) is 0 Å². The summed E-state index contributed by atoms with van der Waals surface area (Å²) in [7, 11) is 1.94. The summed E-state index contributed by atoms with van der Waals surface area (Å²) in [6, 6.07) is 2.01. The number of rotatable bonds is 5. The quantitative estimate of drug-likeness (QED) is 0.848. The monoisotopic (exact) mass is 291 g/mol. The minimum atomic E-state index is 0.194. The molecule has 0 unspecified atom stereocenters. The Morgan fingerprint density at radius 2 is 2.30 bits per heavy atom. The summed E-state index contributed by atoms with van der Waals surface area (Å²) in [5.74, 6) is 0.933. The zero-order chi connectivity index (χ0) is 14.3. The first-order valence-corrected chi connectivity index (χ1v) is 8.14. The van der Waals surface area contributed by atoms with E-state index in [0.29, 0.717) is 0 Å². The molecule has 0 saturated heterocycles. The van der Waals surface area contributed by atoms with E-state index >= 15 is 0 Å². The first kappa shape index (κ1) is 13.6. The molecule has 2 heterocycles. The lowest BCUT2D eigenvalue weighted by molar-refractivity contribution is 0.0752. The number of amides is 1. The number of carbonyl (C=O) groups is 1. The molecule has 1 saturated carbocycles. The number of aryl methyl sites for hydroxylation is 2. The summed E-state index contributed by atoms with van der Waals surface area (Å²) < 4.78 is 1.87. The predicted octanol–water partition coefficient (Wildman–Crippen LogP) is 3.21.